The summed E-state index contributed by atoms with van der Waals surface area (Å²) in [5, 5.41) is 9.20. The third kappa shape index (κ3) is 1.23. The number of nitrogens with zero attached hydrogens (tertiary/aromatic N) is 2. The van der Waals surface area contributed by atoms with Gasteiger partial charge >= 0.3 is 0 Å². The van der Waals surface area contributed by atoms with Crippen molar-refractivity contribution in [1.29, 1.82) is 0 Å². The number of fused-ring (bicyclic) bond motifs is 3. The van der Waals surface area contributed by atoms with Crippen molar-refractivity contribution < 1.29 is 4.74 Å². The third-order valence-electron chi connectivity index (χ3n) is 2.55. The minimum Gasteiger partial charge on any atom is -0.497 e. The van der Waals surface area contributed by atoms with E-state index in [1.54, 1.807) is 7.11 Å². The highest BCUT2D eigenvalue weighted by Crippen LogP contribution is 2.29. The Morgan fingerprint density at radius 3 is 3.00 bits per heavy atom. The van der Waals surface area contributed by atoms with Crippen LogP contribution < -0.4 is 4.74 Å². The molecule has 16 heavy (non-hydrogen) atoms. The number of aromatic nitrogens is 3. The van der Waals surface area contributed by atoms with Crippen LogP contribution in [0.1, 0.15) is 0 Å². The number of halogens is 1. The van der Waals surface area contributed by atoms with Crippen LogP contribution in [0, 0.1) is 0 Å². The highest BCUT2D eigenvalue weighted by Gasteiger charge is 2.09. The number of rotatable bonds is 1. The normalized spacial score (nSPS) is 11.1. The van der Waals surface area contributed by atoms with Gasteiger partial charge in [-0.2, -0.15) is 5.10 Å². The van der Waals surface area contributed by atoms with E-state index in [2.05, 4.69) is 15.2 Å². The lowest BCUT2D eigenvalue weighted by Crippen LogP contribution is -1.86. The lowest BCUT2D eigenvalue weighted by Gasteiger charge is -2.03. The number of hydrogen-bond donors (Lipinski definition) is 1. The highest BCUT2D eigenvalue weighted by molar-refractivity contribution is 6.35. The van der Waals surface area contributed by atoms with Crippen LogP contribution in [0.5, 0.6) is 5.75 Å². The largest absolute Gasteiger partial charge is 0.497 e. The molecular formula is C11H8ClN3O. The van der Waals surface area contributed by atoms with Crippen LogP contribution in [0.15, 0.2) is 24.4 Å². The number of aromatic amines is 1. The van der Waals surface area contributed by atoms with Crippen LogP contribution in [0.4, 0.5) is 0 Å². The van der Waals surface area contributed by atoms with Crippen LogP contribution in [-0.4, -0.2) is 22.3 Å². The molecule has 5 heteroatoms. The molecule has 0 fully saturated rings. The van der Waals surface area contributed by atoms with Crippen LogP contribution in [0.3, 0.4) is 0 Å². The number of hydrogen-bond acceptors (Lipinski definition) is 3. The van der Waals surface area contributed by atoms with Gasteiger partial charge in [-0.3, -0.25) is 5.10 Å². The van der Waals surface area contributed by atoms with Gasteiger partial charge in [-0.15, -0.1) is 0 Å². The maximum Gasteiger partial charge on any atom is 0.157 e. The fourth-order valence-electron chi connectivity index (χ4n) is 1.77. The van der Waals surface area contributed by atoms with Gasteiger partial charge < -0.3 is 4.74 Å². The quantitative estimate of drug-likeness (QED) is 0.658. The molecule has 4 nitrogen and oxygen atoms in total. The van der Waals surface area contributed by atoms with Gasteiger partial charge in [0.05, 0.1) is 12.6 Å². The number of ether oxygens (including phenoxy) is 1. The van der Waals surface area contributed by atoms with Crippen molar-refractivity contribution in [3.63, 3.8) is 0 Å². The first-order chi connectivity index (χ1) is 7.79. The molecule has 0 unspecified atom stereocenters. The summed E-state index contributed by atoms with van der Waals surface area (Å²) in [7, 11) is 1.64. The Morgan fingerprint density at radius 2 is 2.19 bits per heavy atom. The van der Waals surface area contributed by atoms with Crippen molar-refractivity contribution in [3.05, 3.63) is 29.5 Å². The summed E-state index contributed by atoms with van der Waals surface area (Å²) in [5.74, 6) is 0.791. The molecule has 2 heterocycles. The van der Waals surface area contributed by atoms with E-state index in [4.69, 9.17) is 16.3 Å². The van der Waals surface area contributed by atoms with E-state index in [0.717, 1.165) is 22.0 Å². The summed E-state index contributed by atoms with van der Waals surface area (Å²) >= 11 is 6.03. The van der Waals surface area contributed by atoms with Gasteiger partial charge in [0.15, 0.2) is 5.15 Å². The number of pyridine rings is 1. The Labute approximate surface area is 96.2 Å². The molecule has 0 amide bonds. The standard InChI is InChI=1S/C11H8ClN3O/c1-16-6-2-3-9-7(4-6)8-5-13-15-10(8)11(12)14-9/h2-5H,1H3,(H,13,15). The summed E-state index contributed by atoms with van der Waals surface area (Å²) in [5.41, 5.74) is 1.52. The number of benzene rings is 1. The summed E-state index contributed by atoms with van der Waals surface area (Å²) in [6.45, 7) is 0. The third-order valence-corrected chi connectivity index (χ3v) is 2.81. The molecule has 0 spiro atoms. The van der Waals surface area contributed by atoms with Gasteiger partial charge in [0.25, 0.3) is 0 Å². The van der Waals surface area contributed by atoms with Gasteiger partial charge in [0, 0.05) is 17.0 Å². The van der Waals surface area contributed by atoms with Gasteiger partial charge in [0.2, 0.25) is 0 Å². The van der Waals surface area contributed by atoms with E-state index in [0.29, 0.717) is 10.7 Å². The van der Waals surface area contributed by atoms with Gasteiger partial charge in [0.1, 0.15) is 11.3 Å². The molecule has 2 aromatic heterocycles. The number of H-pyrrole nitrogens is 1. The number of methoxy groups -OCH3 is 1. The molecule has 0 aliphatic carbocycles. The molecule has 0 saturated carbocycles. The first kappa shape index (κ1) is 9.42. The molecule has 0 radical (unpaired) electrons. The zero-order valence-electron chi connectivity index (χ0n) is 8.49. The Bertz CT molecular complexity index is 677. The summed E-state index contributed by atoms with van der Waals surface area (Å²) < 4.78 is 5.19. The lowest BCUT2D eigenvalue weighted by molar-refractivity contribution is 0.415. The smallest absolute Gasteiger partial charge is 0.157 e. The second-order valence-corrected chi connectivity index (χ2v) is 3.79. The monoisotopic (exact) mass is 233 g/mol. The SMILES string of the molecule is COc1ccc2nc(Cl)c3n[nH]cc3c2c1. The van der Waals surface area contributed by atoms with E-state index >= 15 is 0 Å². The predicted molar refractivity (Wildman–Crippen MR) is 63.0 cm³/mol. The molecule has 3 aromatic rings. The molecule has 1 N–H and O–H groups in total. The topological polar surface area (TPSA) is 50.8 Å². The maximum absolute atomic E-state index is 6.03. The summed E-state index contributed by atoms with van der Waals surface area (Å²) in [6.07, 6.45) is 1.81. The molecule has 0 atom stereocenters. The molecule has 0 bridgehead atoms. The number of nitrogens with one attached hydrogen (secondary N) is 1. The average molecular weight is 234 g/mol. The van der Waals surface area contributed by atoms with Crippen molar-refractivity contribution in [2.24, 2.45) is 0 Å². The fourth-order valence-corrected chi connectivity index (χ4v) is 2.00. The molecule has 1 aromatic carbocycles. The summed E-state index contributed by atoms with van der Waals surface area (Å²) in [4.78, 5) is 4.28. The Kier molecular flexibility index (Phi) is 1.97. The maximum atomic E-state index is 6.03. The minimum atomic E-state index is 0.411. The van der Waals surface area contributed by atoms with Gasteiger partial charge in [-0.05, 0) is 18.2 Å². The van der Waals surface area contributed by atoms with E-state index in [1.807, 2.05) is 24.4 Å². The van der Waals surface area contributed by atoms with E-state index in [-0.39, 0.29) is 0 Å². The van der Waals surface area contributed by atoms with E-state index < -0.39 is 0 Å². The van der Waals surface area contributed by atoms with Gasteiger partial charge in [-0.1, -0.05) is 11.6 Å². The molecule has 0 aliphatic rings. The van der Waals surface area contributed by atoms with E-state index in [9.17, 15) is 0 Å². The molecular weight excluding hydrogens is 226 g/mol. The van der Waals surface area contributed by atoms with Crippen LogP contribution >= 0.6 is 11.6 Å². The van der Waals surface area contributed by atoms with Crippen molar-refractivity contribution >= 4 is 33.4 Å². The van der Waals surface area contributed by atoms with Crippen LogP contribution in [0.2, 0.25) is 5.15 Å². The first-order valence-electron chi connectivity index (χ1n) is 4.76. The van der Waals surface area contributed by atoms with Crippen molar-refractivity contribution in [3.8, 4) is 5.75 Å². The Hall–Kier alpha value is -1.81. The average Bonchev–Trinajstić information content (AvgIpc) is 2.78. The lowest BCUT2D eigenvalue weighted by atomic mass is 10.1. The molecule has 3 rings (SSSR count). The van der Waals surface area contributed by atoms with E-state index in [1.165, 1.54) is 0 Å². The first-order valence-corrected chi connectivity index (χ1v) is 5.14. The molecule has 0 saturated heterocycles. The zero-order valence-corrected chi connectivity index (χ0v) is 9.25. The minimum absolute atomic E-state index is 0.411. The van der Waals surface area contributed by atoms with Crippen LogP contribution in [-0.2, 0) is 0 Å². The van der Waals surface area contributed by atoms with Crippen molar-refractivity contribution in [2.45, 2.75) is 0 Å². The Balaban J connectivity index is 2.50. The second-order valence-electron chi connectivity index (χ2n) is 3.43. The predicted octanol–water partition coefficient (Wildman–Crippen LogP) is 2.77. The highest BCUT2D eigenvalue weighted by atomic mass is 35.5. The Morgan fingerprint density at radius 1 is 1.31 bits per heavy atom. The van der Waals surface area contributed by atoms with Crippen LogP contribution in [0.25, 0.3) is 21.8 Å². The van der Waals surface area contributed by atoms with Gasteiger partial charge in [-0.25, -0.2) is 4.98 Å². The molecule has 80 valence electrons. The second kappa shape index (κ2) is 3.35. The van der Waals surface area contributed by atoms with Crippen molar-refractivity contribution in [1.82, 2.24) is 15.2 Å². The summed E-state index contributed by atoms with van der Waals surface area (Å²) in [6, 6.07) is 5.67. The van der Waals surface area contributed by atoms with Crippen molar-refractivity contribution in [2.75, 3.05) is 7.11 Å². The fraction of sp³-hybridized carbons (Fsp3) is 0.0909. The molecule has 0 aliphatic heterocycles. The zero-order chi connectivity index (χ0) is 11.1.